The van der Waals surface area contributed by atoms with Gasteiger partial charge in [0.25, 0.3) is 5.22 Å². The Morgan fingerprint density at radius 2 is 1.83 bits per heavy atom. The second-order valence-electron chi connectivity index (χ2n) is 5.33. The van der Waals surface area contributed by atoms with Crippen LogP contribution in [-0.4, -0.2) is 19.9 Å². The minimum atomic E-state index is 0.589. The molecule has 0 bridgehead atoms. The fraction of sp³-hybridized carbons (Fsp3) is 0.111. The summed E-state index contributed by atoms with van der Waals surface area (Å²) in [5.74, 6) is 1.47. The largest absolute Gasteiger partial charge is 0.436 e. The van der Waals surface area contributed by atoms with Crippen LogP contribution in [-0.2, 0) is 0 Å². The number of fused-ring (bicyclic) bond motifs is 1. The van der Waals surface area contributed by atoms with Gasteiger partial charge in [0.15, 0.2) is 5.82 Å². The molecule has 0 saturated heterocycles. The maximum atomic E-state index is 5.69. The number of aromatic nitrogens is 4. The zero-order chi connectivity index (χ0) is 16.5. The van der Waals surface area contributed by atoms with E-state index in [1.807, 2.05) is 50.2 Å². The van der Waals surface area contributed by atoms with E-state index < -0.39 is 0 Å². The van der Waals surface area contributed by atoms with Crippen LogP contribution in [0.3, 0.4) is 0 Å². The molecule has 118 valence electrons. The number of oxazole rings is 1. The van der Waals surface area contributed by atoms with E-state index in [0.717, 1.165) is 32.9 Å². The highest BCUT2D eigenvalue weighted by atomic mass is 32.2. The molecule has 0 amide bonds. The predicted octanol–water partition coefficient (Wildman–Crippen LogP) is 4.45. The minimum Gasteiger partial charge on any atom is -0.436 e. The monoisotopic (exact) mass is 334 g/mol. The molecule has 24 heavy (non-hydrogen) atoms. The van der Waals surface area contributed by atoms with Gasteiger partial charge in [-0.3, -0.25) is 4.98 Å². The molecule has 6 heteroatoms. The van der Waals surface area contributed by atoms with Crippen molar-refractivity contribution in [3.63, 3.8) is 0 Å². The fourth-order valence-electron chi connectivity index (χ4n) is 2.32. The average Bonchev–Trinajstić information content (AvgIpc) is 2.93. The van der Waals surface area contributed by atoms with Gasteiger partial charge in [0, 0.05) is 23.3 Å². The Kier molecular flexibility index (Phi) is 3.74. The Balaban J connectivity index is 1.86. The lowest BCUT2D eigenvalue weighted by atomic mass is 10.2. The Morgan fingerprint density at radius 3 is 2.58 bits per heavy atom. The molecule has 0 unspecified atom stereocenters. The smallest absolute Gasteiger partial charge is 0.262 e. The molecule has 0 saturated carbocycles. The Hall–Kier alpha value is -2.73. The number of para-hydroxylation sites is 1. The Bertz CT molecular complexity index is 995. The van der Waals surface area contributed by atoms with Crippen LogP contribution in [0.4, 0.5) is 0 Å². The van der Waals surface area contributed by atoms with E-state index in [4.69, 9.17) is 9.40 Å². The zero-order valence-corrected chi connectivity index (χ0v) is 14.0. The van der Waals surface area contributed by atoms with Gasteiger partial charge in [-0.25, -0.2) is 15.0 Å². The summed E-state index contributed by atoms with van der Waals surface area (Å²) in [6, 6.07) is 11.8. The summed E-state index contributed by atoms with van der Waals surface area (Å²) < 4.78 is 5.69. The van der Waals surface area contributed by atoms with Crippen molar-refractivity contribution in [1.29, 1.82) is 0 Å². The summed E-state index contributed by atoms with van der Waals surface area (Å²) in [4.78, 5) is 18.0. The number of hydrogen-bond donors (Lipinski definition) is 0. The van der Waals surface area contributed by atoms with Gasteiger partial charge in [-0.15, -0.1) is 0 Å². The third kappa shape index (κ3) is 2.76. The van der Waals surface area contributed by atoms with Crippen molar-refractivity contribution in [2.45, 2.75) is 24.1 Å². The molecule has 0 aliphatic rings. The number of pyridine rings is 1. The van der Waals surface area contributed by atoms with Crippen molar-refractivity contribution in [3.05, 3.63) is 60.2 Å². The van der Waals surface area contributed by atoms with Gasteiger partial charge in [-0.1, -0.05) is 18.2 Å². The van der Waals surface area contributed by atoms with Crippen molar-refractivity contribution in [2.75, 3.05) is 0 Å². The number of hydrogen-bond acceptors (Lipinski definition) is 6. The van der Waals surface area contributed by atoms with Gasteiger partial charge in [-0.05, 0) is 43.8 Å². The molecule has 4 aromatic rings. The molecule has 5 nitrogen and oxygen atoms in total. The lowest BCUT2D eigenvalue weighted by Gasteiger charge is -2.06. The lowest BCUT2D eigenvalue weighted by Crippen LogP contribution is -1.94. The van der Waals surface area contributed by atoms with Crippen LogP contribution in [0.15, 0.2) is 63.5 Å². The van der Waals surface area contributed by atoms with Crippen LogP contribution in [0.5, 0.6) is 0 Å². The fourth-order valence-corrected chi connectivity index (χ4v) is 3.25. The summed E-state index contributed by atoms with van der Waals surface area (Å²) in [6.45, 7) is 3.84. The molecular formula is C18H14N4OS. The SMILES string of the molecule is Cc1nc(Sc2nc(-c3cccnc3)nc3ccccc23)oc1C. The van der Waals surface area contributed by atoms with Crippen LogP contribution in [0, 0.1) is 13.8 Å². The Morgan fingerprint density at radius 1 is 0.958 bits per heavy atom. The topological polar surface area (TPSA) is 64.7 Å². The molecule has 0 fully saturated rings. The number of rotatable bonds is 3. The molecule has 0 spiro atoms. The van der Waals surface area contributed by atoms with Crippen molar-refractivity contribution in [1.82, 2.24) is 19.9 Å². The van der Waals surface area contributed by atoms with Crippen molar-refractivity contribution in [2.24, 2.45) is 0 Å². The maximum absolute atomic E-state index is 5.69. The first-order valence-corrected chi connectivity index (χ1v) is 8.31. The summed E-state index contributed by atoms with van der Waals surface area (Å²) in [5.41, 5.74) is 2.65. The summed E-state index contributed by atoms with van der Waals surface area (Å²) in [5, 5.41) is 2.38. The van der Waals surface area contributed by atoms with Gasteiger partial charge < -0.3 is 4.42 Å². The van der Waals surface area contributed by atoms with E-state index in [-0.39, 0.29) is 0 Å². The van der Waals surface area contributed by atoms with Crippen molar-refractivity contribution >= 4 is 22.7 Å². The van der Waals surface area contributed by atoms with Crippen LogP contribution >= 0.6 is 11.8 Å². The van der Waals surface area contributed by atoms with E-state index in [1.54, 1.807) is 12.4 Å². The molecule has 4 rings (SSSR count). The number of nitrogens with zero attached hydrogens (tertiary/aromatic N) is 4. The molecule has 0 aliphatic heterocycles. The second kappa shape index (κ2) is 6.05. The first-order valence-electron chi connectivity index (χ1n) is 7.50. The zero-order valence-electron chi connectivity index (χ0n) is 13.2. The summed E-state index contributed by atoms with van der Waals surface area (Å²) >= 11 is 1.41. The van der Waals surface area contributed by atoms with Crippen molar-refractivity contribution < 1.29 is 4.42 Å². The molecule has 0 aliphatic carbocycles. The third-order valence-corrected chi connectivity index (χ3v) is 4.53. The average molecular weight is 334 g/mol. The predicted molar refractivity (Wildman–Crippen MR) is 92.9 cm³/mol. The standard InChI is InChI=1S/C18H14N4OS/c1-11-12(2)23-18(20-11)24-17-14-7-3-4-8-15(14)21-16(22-17)13-6-5-9-19-10-13/h3-10H,1-2H3. The number of benzene rings is 1. The van der Waals surface area contributed by atoms with E-state index in [0.29, 0.717) is 11.0 Å². The summed E-state index contributed by atoms with van der Waals surface area (Å²) in [6.07, 6.45) is 3.50. The van der Waals surface area contributed by atoms with Crippen LogP contribution in [0.2, 0.25) is 0 Å². The quantitative estimate of drug-likeness (QED) is 0.516. The third-order valence-electron chi connectivity index (χ3n) is 3.68. The van der Waals surface area contributed by atoms with E-state index in [1.165, 1.54) is 11.8 Å². The highest BCUT2D eigenvalue weighted by molar-refractivity contribution is 7.99. The van der Waals surface area contributed by atoms with E-state index in [2.05, 4.69) is 15.0 Å². The first kappa shape index (κ1) is 14.8. The van der Waals surface area contributed by atoms with Crippen LogP contribution < -0.4 is 0 Å². The Labute approximate surface area is 143 Å². The first-order chi connectivity index (χ1) is 11.7. The van der Waals surface area contributed by atoms with Gasteiger partial charge in [0.05, 0.1) is 11.2 Å². The molecule has 3 heterocycles. The maximum Gasteiger partial charge on any atom is 0.262 e. The van der Waals surface area contributed by atoms with E-state index in [9.17, 15) is 0 Å². The van der Waals surface area contributed by atoms with Gasteiger partial charge in [0.1, 0.15) is 10.8 Å². The summed E-state index contributed by atoms with van der Waals surface area (Å²) in [7, 11) is 0. The van der Waals surface area contributed by atoms with Crippen molar-refractivity contribution in [3.8, 4) is 11.4 Å². The van der Waals surface area contributed by atoms with Crippen LogP contribution in [0.25, 0.3) is 22.3 Å². The molecule has 0 radical (unpaired) electrons. The normalized spacial score (nSPS) is 11.1. The van der Waals surface area contributed by atoms with Crippen LogP contribution in [0.1, 0.15) is 11.5 Å². The highest BCUT2D eigenvalue weighted by Gasteiger charge is 2.14. The van der Waals surface area contributed by atoms with E-state index >= 15 is 0 Å². The molecule has 1 aromatic carbocycles. The molecule has 3 aromatic heterocycles. The lowest BCUT2D eigenvalue weighted by molar-refractivity contribution is 0.431. The highest BCUT2D eigenvalue weighted by Crippen LogP contribution is 2.33. The second-order valence-corrected chi connectivity index (χ2v) is 6.27. The molecular weight excluding hydrogens is 320 g/mol. The minimum absolute atomic E-state index is 0.589. The molecule has 0 atom stereocenters. The van der Waals surface area contributed by atoms with Gasteiger partial charge in [0.2, 0.25) is 0 Å². The molecule has 0 N–H and O–H groups in total. The number of aryl methyl sites for hydroxylation is 2. The van der Waals surface area contributed by atoms with Gasteiger partial charge in [-0.2, -0.15) is 0 Å². The van der Waals surface area contributed by atoms with Gasteiger partial charge >= 0.3 is 0 Å².